The second kappa shape index (κ2) is 4.85. The molecule has 94 valence electrons. The van der Waals surface area contributed by atoms with E-state index in [9.17, 15) is 0 Å². The number of rotatable bonds is 3. The van der Waals surface area contributed by atoms with Gasteiger partial charge in [0, 0.05) is 24.9 Å². The molecule has 0 saturated heterocycles. The van der Waals surface area contributed by atoms with Crippen LogP contribution in [0.1, 0.15) is 5.89 Å². The van der Waals surface area contributed by atoms with Gasteiger partial charge in [-0.1, -0.05) is 6.07 Å². The van der Waals surface area contributed by atoms with Crippen molar-refractivity contribution >= 4 is 11.6 Å². The molecule has 6 nitrogen and oxygen atoms in total. The standard InChI is InChI=1S/C13H11N5O/c1-9-17-18-13(19-9)10-5-7-15-12(8-10)16-11-4-2-3-6-14-11/h2-8H,1H3,(H,14,15,16). The molecule has 0 spiro atoms. The predicted molar refractivity (Wildman–Crippen MR) is 69.8 cm³/mol. The Labute approximate surface area is 109 Å². The quantitative estimate of drug-likeness (QED) is 0.773. The smallest absolute Gasteiger partial charge is 0.247 e. The Morgan fingerprint density at radius 1 is 1.00 bits per heavy atom. The van der Waals surface area contributed by atoms with Gasteiger partial charge < -0.3 is 9.73 Å². The van der Waals surface area contributed by atoms with Crippen LogP contribution in [0.2, 0.25) is 0 Å². The number of aryl methyl sites for hydroxylation is 1. The van der Waals surface area contributed by atoms with Crippen molar-refractivity contribution in [1.82, 2.24) is 20.2 Å². The summed E-state index contributed by atoms with van der Waals surface area (Å²) in [5.41, 5.74) is 0.814. The summed E-state index contributed by atoms with van der Waals surface area (Å²) >= 11 is 0. The molecule has 19 heavy (non-hydrogen) atoms. The lowest BCUT2D eigenvalue weighted by molar-refractivity contribution is 0.532. The zero-order valence-corrected chi connectivity index (χ0v) is 10.2. The zero-order chi connectivity index (χ0) is 13.1. The third kappa shape index (κ3) is 2.57. The van der Waals surface area contributed by atoms with Gasteiger partial charge in [-0.15, -0.1) is 10.2 Å². The van der Waals surface area contributed by atoms with Crippen LogP contribution in [0.25, 0.3) is 11.5 Å². The highest BCUT2D eigenvalue weighted by molar-refractivity contribution is 5.61. The molecule has 0 aliphatic carbocycles. The van der Waals surface area contributed by atoms with Crippen molar-refractivity contribution in [2.75, 3.05) is 5.32 Å². The number of aromatic nitrogens is 4. The Hall–Kier alpha value is -2.76. The molecule has 0 radical (unpaired) electrons. The second-order valence-electron chi connectivity index (χ2n) is 3.90. The summed E-state index contributed by atoms with van der Waals surface area (Å²) in [6.07, 6.45) is 3.40. The first-order chi connectivity index (χ1) is 9.31. The number of pyridine rings is 2. The predicted octanol–water partition coefficient (Wildman–Crippen LogP) is 2.58. The summed E-state index contributed by atoms with van der Waals surface area (Å²) in [6, 6.07) is 9.28. The van der Waals surface area contributed by atoms with Crippen LogP contribution >= 0.6 is 0 Å². The summed E-state index contributed by atoms with van der Waals surface area (Å²) in [5, 5.41) is 10.9. The van der Waals surface area contributed by atoms with Crippen LogP contribution < -0.4 is 5.32 Å². The number of nitrogens with zero attached hydrogens (tertiary/aromatic N) is 4. The van der Waals surface area contributed by atoms with E-state index in [1.807, 2.05) is 30.3 Å². The van der Waals surface area contributed by atoms with Crippen molar-refractivity contribution in [3.05, 3.63) is 48.6 Å². The number of hydrogen-bond acceptors (Lipinski definition) is 6. The van der Waals surface area contributed by atoms with E-state index < -0.39 is 0 Å². The zero-order valence-electron chi connectivity index (χ0n) is 10.2. The summed E-state index contributed by atoms with van der Waals surface area (Å²) in [7, 11) is 0. The van der Waals surface area contributed by atoms with Crippen LogP contribution in [0.3, 0.4) is 0 Å². The van der Waals surface area contributed by atoms with Crippen LogP contribution in [-0.4, -0.2) is 20.2 Å². The largest absolute Gasteiger partial charge is 0.421 e. The van der Waals surface area contributed by atoms with E-state index in [-0.39, 0.29) is 0 Å². The topological polar surface area (TPSA) is 76.7 Å². The third-order valence-electron chi connectivity index (χ3n) is 2.45. The Balaban J connectivity index is 1.88. The van der Waals surface area contributed by atoms with Crippen LogP contribution in [0.4, 0.5) is 11.6 Å². The monoisotopic (exact) mass is 253 g/mol. The van der Waals surface area contributed by atoms with Gasteiger partial charge >= 0.3 is 0 Å². The summed E-state index contributed by atoms with van der Waals surface area (Å²) < 4.78 is 5.38. The summed E-state index contributed by atoms with van der Waals surface area (Å²) in [6.45, 7) is 1.75. The molecule has 1 N–H and O–H groups in total. The maximum absolute atomic E-state index is 5.38. The van der Waals surface area contributed by atoms with E-state index in [0.717, 1.165) is 11.4 Å². The number of nitrogens with one attached hydrogen (secondary N) is 1. The molecule has 0 aliphatic rings. The van der Waals surface area contributed by atoms with Gasteiger partial charge in [-0.2, -0.15) is 0 Å². The molecule has 0 aromatic carbocycles. The van der Waals surface area contributed by atoms with Gasteiger partial charge in [-0.05, 0) is 24.3 Å². The Bertz CT molecular complexity index is 680. The second-order valence-corrected chi connectivity index (χ2v) is 3.90. The molecule has 3 heterocycles. The molecule has 3 rings (SSSR count). The lowest BCUT2D eigenvalue weighted by Crippen LogP contribution is -1.95. The van der Waals surface area contributed by atoms with Crippen LogP contribution in [0.5, 0.6) is 0 Å². The van der Waals surface area contributed by atoms with Crippen molar-refractivity contribution in [1.29, 1.82) is 0 Å². The lowest BCUT2D eigenvalue weighted by atomic mass is 10.2. The van der Waals surface area contributed by atoms with Gasteiger partial charge in [0.05, 0.1) is 0 Å². The first-order valence-corrected chi connectivity index (χ1v) is 5.76. The van der Waals surface area contributed by atoms with E-state index in [0.29, 0.717) is 17.6 Å². The molecule has 0 aliphatic heterocycles. The van der Waals surface area contributed by atoms with Gasteiger partial charge in [-0.3, -0.25) is 0 Å². The van der Waals surface area contributed by atoms with E-state index in [2.05, 4.69) is 25.5 Å². The van der Waals surface area contributed by atoms with Crippen molar-refractivity contribution in [3.63, 3.8) is 0 Å². The minimum atomic E-state index is 0.476. The Kier molecular flexibility index (Phi) is 2.89. The molecular weight excluding hydrogens is 242 g/mol. The highest BCUT2D eigenvalue weighted by Crippen LogP contribution is 2.21. The maximum Gasteiger partial charge on any atom is 0.247 e. The van der Waals surface area contributed by atoms with Crippen molar-refractivity contribution in [3.8, 4) is 11.5 Å². The Morgan fingerprint density at radius 3 is 2.63 bits per heavy atom. The number of hydrogen-bond donors (Lipinski definition) is 1. The van der Waals surface area contributed by atoms with Crippen molar-refractivity contribution in [2.45, 2.75) is 6.92 Å². The SMILES string of the molecule is Cc1nnc(-c2ccnc(Nc3ccccn3)c2)o1. The first kappa shape index (κ1) is 11.3. The van der Waals surface area contributed by atoms with E-state index in [4.69, 9.17) is 4.42 Å². The van der Waals surface area contributed by atoms with E-state index in [1.54, 1.807) is 19.3 Å². The molecule has 0 bridgehead atoms. The molecular formula is C13H11N5O. The third-order valence-corrected chi connectivity index (χ3v) is 2.45. The highest BCUT2D eigenvalue weighted by atomic mass is 16.4. The van der Waals surface area contributed by atoms with E-state index in [1.165, 1.54) is 0 Å². The maximum atomic E-state index is 5.38. The van der Waals surface area contributed by atoms with Gasteiger partial charge in [-0.25, -0.2) is 9.97 Å². The molecule has 0 unspecified atom stereocenters. The number of anilines is 2. The van der Waals surface area contributed by atoms with Crippen LogP contribution in [0, 0.1) is 6.92 Å². The van der Waals surface area contributed by atoms with Crippen LogP contribution in [-0.2, 0) is 0 Å². The average molecular weight is 253 g/mol. The molecule has 3 aromatic rings. The van der Waals surface area contributed by atoms with Crippen molar-refractivity contribution < 1.29 is 4.42 Å². The fraction of sp³-hybridized carbons (Fsp3) is 0.0769. The molecule has 0 fully saturated rings. The molecule has 0 saturated carbocycles. The van der Waals surface area contributed by atoms with E-state index >= 15 is 0 Å². The summed E-state index contributed by atoms with van der Waals surface area (Å²) in [5.74, 6) is 2.41. The normalized spacial score (nSPS) is 10.4. The first-order valence-electron chi connectivity index (χ1n) is 5.76. The van der Waals surface area contributed by atoms with Gasteiger partial charge in [0.25, 0.3) is 0 Å². The molecule has 0 amide bonds. The molecule has 3 aromatic heterocycles. The van der Waals surface area contributed by atoms with Crippen LogP contribution in [0.15, 0.2) is 47.1 Å². The Morgan fingerprint density at radius 2 is 1.89 bits per heavy atom. The average Bonchev–Trinajstić information content (AvgIpc) is 2.87. The van der Waals surface area contributed by atoms with Gasteiger partial charge in [0.2, 0.25) is 11.8 Å². The van der Waals surface area contributed by atoms with Gasteiger partial charge in [0.1, 0.15) is 11.6 Å². The molecule has 0 atom stereocenters. The van der Waals surface area contributed by atoms with Crippen molar-refractivity contribution in [2.24, 2.45) is 0 Å². The lowest BCUT2D eigenvalue weighted by Gasteiger charge is -2.04. The van der Waals surface area contributed by atoms with Gasteiger partial charge in [0.15, 0.2) is 0 Å². The fourth-order valence-electron chi connectivity index (χ4n) is 1.61. The fourth-order valence-corrected chi connectivity index (χ4v) is 1.61. The highest BCUT2D eigenvalue weighted by Gasteiger charge is 2.07. The minimum absolute atomic E-state index is 0.476. The summed E-state index contributed by atoms with van der Waals surface area (Å²) in [4.78, 5) is 8.40. The minimum Gasteiger partial charge on any atom is -0.421 e. The molecule has 6 heteroatoms.